The zero-order chi connectivity index (χ0) is 25.2. The van der Waals surface area contributed by atoms with Crippen LogP contribution < -0.4 is 9.80 Å². The Kier molecular flexibility index (Phi) is 7.01. The number of piperazine rings is 1. The van der Waals surface area contributed by atoms with Crippen molar-refractivity contribution in [2.45, 2.75) is 37.5 Å². The van der Waals surface area contributed by atoms with E-state index in [-0.39, 0.29) is 11.8 Å². The molecule has 2 aliphatic rings. The van der Waals surface area contributed by atoms with Gasteiger partial charge in [0.15, 0.2) is 0 Å². The average molecular weight is 501 g/mol. The fourth-order valence-corrected chi connectivity index (χ4v) is 6.25. The van der Waals surface area contributed by atoms with Crippen LogP contribution in [0.2, 0.25) is 0 Å². The van der Waals surface area contributed by atoms with Crippen LogP contribution in [0.3, 0.4) is 0 Å². The number of carbonyl (C=O) groups excluding carboxylic acids is 2. The fourth-order valence-electron chi connectivity index (χ4n) is 4.97. The molecule has 0 unspecified atom stereocenters. The van der Waals surface area contributed by atoms with Gasteiger partial charge >= 0.3 is 0 Å². The first-order chi connectivity index (χ1) is 17.4. The number of benzene rings is 2. The van der Waals surface area contributed by atoms with Gasteiger partial charge in [0, 0.05) is 37.3 Å². The van der Waals surface area contributed by atoms with E-state index < -0.39 is 11.2 Å². The molecule has 1 fully saturated rings. The average Bonchev–Trinajstić information content (AvgIpc) is 2.92. The first-order valence-corrected chi connectivity index (χ1v) is 13.4. The van der Waals surface area contributed by atoms with Gasteiger partial charge in [-0.05, 0) is 49.2 Å². The standard InChI is InChI=1S/C29H32N4O2S/c1-20-11-12-21(2)23(18-20)19-33-24-8-4-5-9-25(24)36-27(29(33)35)22(3)28(34)32-16-14-31(15-17-32)26-10-6-7-13-30-26/h4-13,18,22,27H,14-17,19H2,1-3H3/t22-,27-/m0/s1. The summed E-state index contributed by atoms with van der Waals surface area (Å²) in [6, 6.07) is 20.3. The van der Waals surface area contributed by atoms with Crippen molar-refractivity contribution in [3.63, 3.8) is 0 Å². The molecule has 1 aromatic heterocycles. The fraction of sp³-hybridized carbons (Fsp3) is 0.345. The van der Waals surface area contributed by atoms with E-state index in [9.17, 15) is 9.59 Å². The molecule has 2 amide bonds. The number of nitrogens with zero attached hydrogens (tertiary/aromatic N) is 4. The zero-order valence-electron chi connectivity index (χ0n) is 21.1. The Morgan fingerprint density at radius 1 is 1.03 bits per heavy atom. The lowest BCUT2D eigenvalue weighted by atomic mass is 10.0. The predicted molar refractivity (Wildman–Crippen MR) is 145 cm³/mol. The lowest BCUT2D eigenvalue weighted by Gasteiger charge is -2.39. The maximum atomic E-state index is 13.9. The van der Waals surface area contributed by atoms with Gasteiger partial charge in [-0.1, -0.05) is 48.9 Å². The largest absolute Gasteiger partial charge is 0.353 e. The second kappa shape index (κ2) is 10.3. The number of hydrogen-bond acceptors (Lipinski definition) is 5. The van der Waals surface area contributed by atoms with Crippen molar-refractivity contribution < 1.29 is 9.59 Å². The summed E-state index contributed by atoms with van der Waals surface area (Å²) in [4.78, 5) is 38.9. The number of hydrogen-bond donors (Lipinski definition) is 0. The lowest BCUT2D eigenvalue weighted by Crippen LogP contribution is -2.53. The lowest BCUT2D eigenvalue weighted by molar-refractivity contribution is -0.137. The molecule has 2 aliphatic heterocycles. The minimum Gasteiger partial charge on any atom is -0.353 e. The number of carbonyl (C=O) groups is 2. The highest BCUT2D eigenvalue weighted by atomic mass is 32.2. The van der Waals surface area contributed by atoms with Gasteiger partial charge in [-0.2, -0.15) is 0 Å². The Morgan fingerprint density at radius 3 is 2.53 bits per heavy atom. The molecule has 3 aromatic rings. The summed E-state index contributed by atoms with van der Waals surface area (Å²) < 4.78 is 0. The van der Waals surface area contributed by atoms with Crippen LogP contribution in [0.4, 0.5) is 11.5 Å². The quantitative estimate of drug-likeness (QED) is 0.509. The number of anilines is 2. The molecule has 0 radical (unpaired) electrons. The smallest absolute Gasteiger partial charge is 0.241 e. The summed E-state index contributed by atoms with van der Waals surface area (Å²) in [5, 5.41) is -0.452. The maximum absolute atomic E-state index is 13.9. The van der Waals surface area contributed by atoms with Crippen LogP contribution in [0.5, 0.6) is 0 Å². The Balaban J connectivity index is 1.33. The molecule has 2 aromatic carbocycles. The third kappa shape index (κ3) is 4.85. The van der Waals surface area contributed by atoms with Crippen molar-refractivity contribution >= 4 is 35.1 Å². The van der Waals surface area contributed by atoms with Gasteiger partial charge in [0.1, 0.15) is 11.1 Å². The third-order valence-corrected chi connectivity index (χ3v) is 8.62. The summed E-state index contributed by atoms with van der Waals surface area (Å²) in [6.07, 6.45) is 1.79. The molecule has 186 valence electrons. The molecule has 36 heavy (non-hydrogen) atoms. The molecule has 0 bridgehead atoms. The van der Waals surface area contributed by atoms with Crippen molar-refractivity contribution in [3.05, 3.63) is 83.6 Å². The molecule has 6 nitrogen and oxygen atoms in total. The van der Waals surface area contributed by atoms with E-state index in [0.717, 1.165) is 40.6 Å². The predicted octanol–water partition coefficient (Wildman–Crippen LogP) is 4.69. The highest BCUT2D eigenvalue weighted by Crippen LogP contribution is 2.42. The van der Waals surface area contributed by atoms with Crippen molar-refractivity contribution in [2.24, 2.45) is 5.92 Å². The minimum atomic E-state index is -0.452. The molecular weight excluding hydrogens is 468 g/mol. The number of rotatable bonds is 5. The third-order valence-electron chi connectivity index (χ3n) is 7.16. The van der Waals surface area contributed by atoms with Gasteiger partial charge in [0.25, 0.3) is 0 Å². The van der Waals surface area contributed by atoms with E-state index in [4.69, 9.17) is 0 Å². The Labute approximate surface area is 217 Å². The van der Waals surface area contributed by atoms with Gasteiger partial charge in [0.2, 0.25) is 11.8 Å². The number of pyridine rings is 1. The Morgan fingerprint density at radius 2 is 1.78 bits per heavy atom. The summed E-state index contributed by atoms with van der Waals surface area (Å²) in [6.45, 7) is 9.31. The number of para-hydroxylation sites is 1. The number of aryl methyl sites for hydroxylation is 2. The van der Waals surface area contributed by atoms with Crippen molar-refractivity contribution in [1.29, 1.82) is 0 Å². The number of aromatic nitrogens is 1. The zero-order valence-corrected chi connectivity index (χ0v) is 21.9. The van der Waals surface area contributed by atoms with Crippen molar-refractivity contribution in [2.75, 3.05) is 36.0 Å². The SMILES string of the molecule is Cc1ccc(C)c(CN2C(=O)[C@H]([C@H](C)C(=O)N3CCN(c4ccccn4)CC3)Sc3ccccc32)c1. The highest BCUT2D eigenvalue weighted by Gasteiger charge is 2.41. The molecule has 3 heterocycles. The van der Waals surface area contributed by atoms with E-state index in [1.165, 1.54) is 17.3 Å². The van der Waals surface area contributed by atoms with Gasteiger partial charge in [-0.15, -0.1) is 11.8 Å². The van der Waals surface area contributed by atoms with Gasteiger partial charge in [0.05, 0.1) is 18.2 Å². The first kappa shape index (κ1) is 24.4. The number of thioether (sulfide) groups is 1. The summed E-state index contributed by atoms with van der Waals surface area (Å²) >= 11 is 1.53. The normalized spacial score (nSPS) is 18.7. The van der Waals surface area contributed by atoms with Gasteiger partial charge in [-0.3, -0.25) is 9.59 Å². The second-order valence-corrected chi connectivity index (χ2v) is 10.8. The van der Waals surface area contributed by atoms with E-state index in [0.29, 0.717) is 19.6 Å². The van der Waals surface area contributed by atoms with Crippen LogP contribution in [0.25, 0.3) is 0 Å². The molecule has 0 saturated carbocycles. The van der Waals surface area contributed by atoms with E-state index in [1.807, 2.05) is 53.1 Å². The summed E-state index contributed by atoms with van der Waals surface area (Å²) in [5.41, 5.74) is 4.39. The molecule has 5 rings (SSSR count). The topological polar surface area (TPSA) is 56.8 Å². The molecule has 1 saturated heterocycles. The Hall–Kier alpha value is -3.32. The van der Waals surface area contributed by atoms with E-state index >= 15 is 0 Å². The Bertz CT molecular complexity index is 1260. The van der Waals surface area contributed by atoms with Crippen LogP contribution in [0.15, 0.2) is 71.8 Å². The van der Waals surface area contributed by atoms with Crippen LogP contribution in [0.1, 0.15) is 23.6 Å². The monoisotopic (exact) mass is 500 g/mol. The van der Waals surface area contributed by atoms with Crippen LogP contribution in [0, 0.1) is 19.8 Å². The molecular formula is C29H32N4O2S. The molecule has 2 atom stereocenters. The highest BCUT2D eigenvalue weighted by molar-refractivity contribution is 8.01. The maximum Gasteiger partial charge on any atom is 0.241 e. The molecule has 0 spiro atoms. The summed E-state index contributed by atoms with van der Waals surface area (Å²) in [7, 11) is 0. The van der Waals surface area contributed by atoms with Crippen molar-refractivity contribution in [3.8, 4) is 0 Å². The number of fused-ring (bicyclic) bond motifs is 1. The molecule has 0 aliphatic carbocycles. The van der Waals surface area contributed by atoms with E-state index in [1.54, 1.807) is 6.20 Å². The van der Waals surface area contributed by atoms with Crippen LogP contribution >= 0.6 is 11.8 Å². The van der Waals surface area contributed by atoms with Crippen LogP contribution in [-0.2, 0) is 16.1 Å². The van der Waals surface area contributed by atoms with Gasteiger partial charge < -0.3 is 14.7 Å². The first-order valence-electron chi connectivity index (χ1n) is 12.5. The van der Waals surface area contributed by atoms with Crippen LogP contribution in [-0.4, -0.2) is 53.1 Å². The number of amides is 2. The van der Waals surface area contributed by atoms with Gasteiger partial charge in [-0.25, -0.2) is 4.98 Å². The summed E-state index contributed by atoms with van der Waals surface area (Å²) in [5.74, 6) is 0.577. The van der Waals surface area contributed by atoms with Crippen molar-refractivity contribution in [1.82, 2.24) is 9.88 Å². The minimum absolute atomic E-state index is 0.00702. The molecule has 0 N–H and O–H groups in total. The molecule has 7 heteroatoms. The second-order valence-electron chi connectivity index (χ2n) is 9.65. The van der Waals surface area contributed by atoms with E-state index in [2.05, 4.69) is 48.0 Å².